The largest absolute Gasteiger partial charge is 0.454 e. The Bertz CT molecular complexity index is 645. The van der Waals surface area contributed by atoms with Crippen molar-refractivity contribution in [1.82, 2.24) is 15.5 Å². The van der Waals surface area contributed by atoms with E-state index >= 15 is 0 Å². The number of fused-ring (bicyclic) bond motifs is 1. The molecule has 0 saturated carbocycles. The molecule has 6 nitrogen and oxygen atoms in total. The minimum absolute atomic E-state index is 0.102. The molecule has 0 aliphatic carbocycles. The van der Waals surface area contributed by atoms with Gasteiger partial charge in [-0.3, -0.25) is 9.89 Å². The molecule has 6 heteroatoms. The molecule has 1 atom stereocenters. The molecule has 2 N–H and O–H groups in total. The normalized spacial score (nSPS) is 20.9. The average Bonchev–Trinajstić information content (AvgIpc) is 3.09. The number of rotatable bonds is 5. The van der Waals surface area contributed by atoms with Gasteiger partial charge in [0.15, 0.2) is 17.5 Å². The minimum Gasteiger partial charge on any atom is -0.454 e. The molecule has 1 saturated heterocycles. The molecule has 2 aliphatic rings. The van der Waals surface area contributed by atoms with Crippen molar-refractivity contribution in [3.05, 3.63) is 23.8 Å². The second kappa shape index (κ2) is 8.16. The molecule has 1 aromatic carbocycles. The van der Waals surface area contributed by atoms with Gasteiger partial charge in [-0.1, -0.05) is 13.0 Å². The van der Waals surface area contributed by atoms with Gasteiger partial charge in [-0.2, -0.15) is 0 Å². The van der Waals surface area contributed by atoms with E-state index in [1.165, 1.54) is 25.9 Å². The Morgan fingerprint density at radius 2 is 2.08 bits per heavy atom. The molecule has 1 unspecified atom stereocenters. The lowest BCUT2D eigenvalue weighted by atomic mass is 9.93. The van der Waals surface area contributed by atoms with Crippen LogP contribution in [0, 0.1) is 5.92 Å². The molecule has 2 heterocycles. The van der Waals surface area contributed by atoms with Gasteiger partial charge in [-0.15, -0.1) is 0 Å². The standard InChI is InChI=1S/C20H32N4O2/c1-15-6-5-9-24(12-15)20(2,3)13-23-19(21-4)22-11-16-7-8-17-18(10-16)26-14-25-17/h7-8,10,15H,5-6,9,11-14H2,1-4H3,(H2,21,22,23). The third-order valence-corrected chi connectivity index (χ3v) is 5.32. The summed E-state index contributed by atoms with van der Waals surface area (Å²) in [6, 6.07) is 6.02. The molecule has 1 aromatic rings. The van der Waals surface area contributed by atoms with Crippen molar-refractivity contribution in [1.29, 1.82) is 0 Å². The van der Waals surface area contributed by atoms with Gasteiger partial charge in [0.2, 0.25) is 6.79 Å². The van der Waals surface area contributed by atoms with Gasteiger partial charge in [0.1, 0.15) is 0 Å². The summed E-state index contributed by atoms with van der Waals surface area (Å²) in [5.74, 6) is 3.23. The predicted octanol–water partition coefficient (Wildman–Crippen LogP) is 2.59. The Morgan fingerprint density at radius 1 is 1.27 bits per heavy atom. The predicted molar refractivity (Wildman–Crippen MR) is 105 cm³/mol. The van der Waals surface area contributed by atoms with Crippen LogP contribution in [0.4, 0.5) is 0 Å². The smallest absolute Gasteiger partial charge is 0.231 e. The van der Waals surface area contributed by atoms with Crippen LogP contribution < -0.4 is 20.1 Å². The van der Waals surface area contributed by atoms with Crippen LogP contribution in [0.15, 0.2) is 23.2 Å². The quantitative estimate of drug-likeness (QED) is 0.624. The van der Waals surface area contributed by atoms with Crippen LogP contribution in [0.3, 0.4) is 0 Å². The maximum Gasteiger partial charge on any atom is 0.231 e. The van der Waals surface area contributed by atoms with Crippen LogP contribution in [0.25, 0.3) is 0 Å². The minimum atomic E-state index is 0.102. The van der Waals surface area contributed by atoms with E-state index in [-0.39, 0.29) is 5.54 Å². The first-order valence-corrected chi connectivity index (χ1v) is 9.56. The van der Waals surface area contributed by atoms with E-state index in [0.29, 0.717) is 13.3 Å². The highest BCUT2D eigenvalue weighted by molar-refractivity contribution is 5.79. The Kier molecular flexibility index (Phi) is 5.91. The molecular formula is C20H32N4O2. The molecular weight excluding hydrogens is 328 g/mol. The fourth-order valence-electron chi connectivity index (χ4n) is 3.61. The van der Waals surface area contributed by atoms with E-state index in [9.17, 15) is 0 Å². The fraction of sp³-hybridized carbons (Fsp3) is 0.650. The summed E-state index contributed by atoms with van der Waals surface area (Å²) >= 11 is 0. The highest BCUT2D eigenvalue weighted by Crippen LogP contribution is 2.32. The second-order valence-corrected chi connectivity index (χ2v) is 7.97. The number of guanidine groups is 1. The van der Waals surface area contributed by atoms with Gasteiger partial charge in [-0.25, -0.2) is 0 Å². The van der Waals surface area contributed by atoms with E-state index in [4.69, 9.17) is 9.47 Å². The lowest BCUT2D eigenvalue weighted by Gasteiger charge is -2.43. The van der Waals surface area contributed by atoms with Gasteiger partial charge < -0.3 is 20.1 Å². The van der Waals surface area contributed by atoms with Crippen LogP contribution in [0.1, 0.15) is 39.2 Å². The first-order valence-electron chi connectivity index (χ1n) is 9.56. The van der Waals surface area contributed by atoms with Gasteiger partial charge in [0.25, 0.3) is 0 Å². The zero-order chi connectivity index (χ0) is 18.6. The summed E-state index contributed by atoms with van der Waals surface area (Å²) in [6.45, 7) is 11.2. The first kappa shape index (κ1) is 18.8. The summed E-state index contributed by atoms with van der Waals surface area (Å²) in [5, 5.41) is 6.87. The SMILES string of the molecule is CN=C(NCc1ccc2c(c1)OCO2)NCC(C)(C)N1CCCC(C)C1. The Hall–Kier alpha value is -1.95. The lowest BCUT2D eigenvalue weighted by molar-refractivity contribution is 0.0739. The number of likely N-dealkylation sites (tertiary alicyclic amines) is 1. The van der Waals surface area contributed by atoms with Crippen LogP contribution in [0.5, 0.6) is 11.5 Å². The van der Waals surface area contributed by atoms with Crippen molar-refractivity contribution in [2.45, 2.75) is 45.7 Å². The van der Waals surface area contributed by atoms with Crippen LogP contribution in [0.2, 0.25) is 0 Å². The average molecular weight is 361 g/mol. The summed E-state index contributed by atoms with van der Waals surface area (Å²) in [7, 11) is 1.81. The number of benzene rings is 1. The molecule has 0 radical (unpaired) electrons. The van der Waals surface area contributed by atoms with Crippen LogP contribution >= 0.6 is 0 Å². The highest BCUT2D eigenvalue weighted by atomic mass is 16.7. The molecule has 0 bridgehead atoms. The number of ether oxygens (including phenoxy) is 2. The van der Waals surface area contributed by atoms with Crippen molar-refractivity contribution in [3.63, 3.8) is 0 Å². The highest BCUT2D eigenvalue weighted by Gasteiger charge is 2.30. The van der Waals surface area contributed by atoms with E-state index in [1.54, 1.807) is 0 Å². The molecule has 3 rings (SSSR count). The van der Waals surface area contributed by atoms with Gasteiger partial charge >= 0.3 is 0 Å². The van der Waals surface area contributed by atoms with E-state index in [2.05, 4.69) is 41.3 Å². The second-order valence-electron chi connectivity index (χ2n) is 7.97. The van der Waals surface area contributed by atoms with E-state index in [1.807, 2.05) is 25.2 Å². The number of hydrogen-bond acceptors (Lipinski definition) is 4. The number of nitrogens with zero attached hydrogens (tertiary/aromatic N) is 2. The van der Waals surface area contributed by atoms with Crippen molar-refractivity contribution < 1.29 is 9.47 Å². The van der Waals surface area contributed by atoms with E-state index in [0.717, 1.165) is 35.5 Å². The van der Waals surface area contributed by atoms with Gasteiger partial charge in [0, 0.05) is 32.2 Å². The van der Waals surface area contributed by atoms with E-state index < -0.39 is 0 Å². The maximum atomic E-state index is 5.44. The number of piperidine rings is 1. The third-order valence-electron chi connectivity index (χ3n) is 5.32. The molecule has 0 amide bonds. The maximum absolute atomic E-state index is 5.44. The van der Waals surface area contributed by atoms with Gasteiger partial charge in [0.05, 0.1) is 0 Å². The van der Waals surface area contributed by atoms with Crippen LogP contribution in [-0.2, 0) is 6.54 Å². The lowest BCUT2D eigenvalue weighted by Crippen LogP contribution is -2.55. The molecule has 26 heavy (non-hydrogen) atoms. The summed E-state index contributed by atoms with van der Waals surface area (Å²) < 4.78 is 10.8. The number of hydrogen-bond donors (Lipinski definition) is 2. The third kappa shape index (κ3) is 4.61. The van der Waals surface area contributed by atoms with Crippen LogP contribution in [-0.4, -0.2) is 49.9 Å². The fourth-order valence-corrected chi connectivity index (χ4v) is 3.61. The van der Waals surface area contributed by atoms with Gasteiger partial charge in [-0.05, 0) is 56.8 Å². The zero-order valence-corrected chi connectivity index (χ0v) is 16.5. The van der Waals surface area contributed by atoms with Crippen molar-refractivity contribution >= 4 is 5.96 Å². The molecule has 144 valence electrons. The molecule has 0 spiro atoms. The topological polar surface area (TPSA) is 58.1 Å². The Balaban J connectivity index is 1.50. The Morgan fingerprint density at radius 3 is 2.85 bits per heavy atom. The Labute approximate surface area is 157 Å². The summed E-state index contributed by atoms with van der Waals surface area (Å²) in [5.41, 5.74) is 1.24. The number of nitrogens with one attached hydrogen (secondary N) is 2. The first-order chi connectivity index (χ1) is 12.5. The van der Waals surface area contributed by atoms with Crippen molar-refractivity contribution in [2.75, 3.05) is 33.5 Å². The summed E-state index contributed by atoms with van der Waals surface area (Å²) in [4.78, 5) is 6.96. The molecule has 2 aliphatic heterocycles. The number of aliphatic imine (C=N–C) groups is 1. The summed E-state index contributed by atoms with van der Waals surface area (Å²) in [6.07, 6.45) is 2.64. The molecule has 0 aromatic heterocycles. The monoisotopic (exact) mass is 360 g/mol. The van der Waals surface area contributed by atoms with Crippen molar-refractivity contribution in [3.8, 4) is 11.5 Å². The van der Waals surface area contributed by atoms with Crippen molar-refractivity contribution in [2.24, 2.45) is 10.9 Å². The molecule has 1 fully saturated rings. The zero-order valence-electron chi connectivity index (χ0n) is 16.5.